The SMILES string of the molecule is CCNS(=O)(=O)c1cccc(C(=O)NC2CC2)c1. The van der Waals surface area contributed by atoms with Crippen molar-refractivity contribution in [3.8, 4) is 0 Å². The van der Waals surface area contributed by atoms with E-state index in [1.165, 1.54) is 12.1 Å². The van der Waals surface area contributed by atoms with E-state index in [0.29, 0.717) is 12.1 Å². The minimum Gasteiger partial charge on any atom is -0.349 e. The van der Waals surface area contributed by atoms with Crippen molar-refractivity contribution in [2.24, 2.45) is 0 Å². The van der Waals surface area contributed by atoms with Crippen LogP contribution in [0, 0.1) is 0 Å². The zero-order chi connectivity index (χ0) is 13.2. The molecule has 6 heteroatoms. The Hall–Kier alpha value is -1.40. The van der Waals surface area contributed by atoms with Gasteiger partial charge in [-0.3, -0.25) is 4.79 Å². The number of carbonyl (C=O) groups excluding carboxylic acids is 1. The third-order valence-electron chi connectivity index (χ3n) is 2.65. The summed E-state index contributed by atoms with van der Waals surface area (Å²) in [5, 5.41) is 2.83. The summed E-state index contributed by atoms with van der Waals surface area (Å²) in [5.41, 5.74) is 0.376. The van der Waals surface area contributed by atoms with Crippen LogP contribution in [0.3, 0.4) is 0 Å². The first kappa shape index (κ1) is 13.0. The van der Waals surface area contributed by atoms with Crippen molar-refractivity contribution in [3.05, 3.63) is 29.8 Å². The van der Waals surface area contributed by atoms with Gasteiger partial charge in [0.25, 0.3) is 5.91 Å². The van der Waals surface area contributed by atoms with Crippen LogP contribution in [0.15, 0.2) is 29.2 Å². The summed E-state index contributed by atoms with van der Waals surface area (Å²) in [6.07, 6.45) is 2.00. The summed E-state index contributed by atoms with van der Waals surface area (Å²) >= 11 is 0. The summed E-state index contributed by atoms with van der Waals surface area (Å²) in [6, 6.07) is 6.32. The number of benzene rings is 1. The van der Waals surface area contributed by atoms with E-state index in [-0.39, 0.29) is 16.8 Å². The lowest BCUT2D eigenvalue weighted by Crippen LogP contribution is -2.26. The van der Waals surface area contributed by atoms with Gasteiger partial charge in [-0.1, -0.05) is 13.0 Å². The number of hydrogen-bond acceptors (Lipinski definition) is 3. The molecule has 0 atom stereocenters. The van der Waals surface area contributed by atoms with Crippen LogP contribution >= 0.6 is 0 Å². The molecule has 1 saturated carbocycles. The fourth-order valence-electron chi connectivity index (χ4n) is 1.57. The third-order valence-corrected chi connectivity index (χ3v) is 4.20. The predicted molar refractivity (Wildman–Crippen MR) is 67.8 cm³/mol. The summed E-state index contributed by atoms with van der Waals surface area (Å²) in [4.78, 5) is 11.9. The van der Waals surface area contributed by atoms with Crippen molar-refractivity contribution < 1.29 is 13.2 Å². The van der Waals surface area contributed by atoms with Crippen molar-refractivity contribution >= 4 is 15.9 Å². The van der Waals surface area contributed by atoms with E-state index in [9.17, 15) is 13.2 Å². The lowest BCUT2D eigenvalue weighted by Gasteiger charge is -2.07. The molecule has 18 heavy (non-hydrogen) atoms. The number of sulfonamides is 1. The molecule has 5 nitrogen and oxygen atoms in total. The van der Waals surface area contributed by atoms with E-state index >= 15 is 0 Å². The molecular weight excluding hydrogens is 252 g/mol. The smallest absolute Gasteiger partial charge is 0.251 e. The summed E-state index contributed by atoms with van der Waals surface area (Å²) in [7, 11) is -3.51. The Morgan fingerprint density at radius 1 is 1.39 bits per heavy atom. The van der Waals surface area contributed by atoms with Gasteiger partial charge < -0.3 is 5.32 Å². The minimum atomic E-state index is -3.51. The lowest BCUT2D eigenvalue weighted by molar-refractivity contribution is 0.0951. The summed E-state index contributed by atoms with van der Waals surface area (Å²) in [6.45, 7) is 2.03. The highest BCUT2D eigenvalue weighted by Gasteiger charge is 2.24. The van der Waals surface area contributed by atoms with Crippen molar-refractivity contribution in [1.82, 2.24) is 10.0 Å². The average Bonchev–Trinajstić information content (AvgIpc) is 3.13. The zero-order valence-electron chi connectivity index (χ0n) is 10.1. The minimum absolute atomic E-state index is 0.118. The van der Waals surface area contributed by atoms with Crippen molar-refractivity contribution in [1.29, 1.82) is 0 Å². The van der Waals surface area contributed by atoms with Crippen LogP contribution < -0.4 is 10.0 Å². The molecule has 0 saturated heterocycles. The average molecular weight is 268 g/mol. The van der Waals surface area contributed by atoms with E-state index in [4.69, 9.17) is 0 Å². The Labute approximate surface area is 107 Å². The largest absolute Gasteiger partial charge is 0.349 e. The molecule has 0 aliphatic heterocycles. The van der Waals surface area contributed by atoms with Crippen LogP contribution in [0.2, 0.25) is 0 Å². The van der Waals surface area contributed by atoms with E-state index < -0.39 is 10.0 Å². The van der Waals surface area contributed by atoms with Crippen LogP contribution in [0.25, 0.3) is 0 Å². The molecule has 0 bridgehead atoms. The second-order valence-corrected chi connectivity index (χ2v) is 6.04. The van der Waals surface area contributed by atoms with Crippen LogP contribution in [0.4, 0.5) is 0 Å². The number of rotatable bonds is 5. The van der Waals surface area contributed by atoms with Crippen molar-refractivity contribution in [2.45, 2.75) is 30.7 Å². The molecule has 1 fully saturated rings. The van der Waals surface area contributed by atoms with E-state index in [2.05, 4.69) is 10.0 Å². The van der Waals surface area contributed by atoms with Gasteiger partial charge >= 0.3 is 0 Å². The second kappa shape index (κ2) is 5.07. The van der Waals surface area contributed by atoms with Crippen LogP contribution in [0.5, 0.6) is 0 Å². The highest BCUT2D eigenvalue weighted by molar-refractivity contribution is 7.89. The first-order valence-corrected chi connectivity index (χ1v) is 7.42. The molecule has 0 aromatic heterocycles. The maximum Gasteiger partial charge on any atom is 0.251 e. The summed E-state index contributed by atoms with van der Waals surface area (Å²) < 4.78 is 26.0. The molecule has 1 aromatic rings. The highest BCUT2D eigenvalue weighted by atomic mass is 32.2. The Kier molecular flexibility index (Phi) is 3.68. The Balaban J connectivity index is 2.21. The van der Waals surface area contributed by atoms with Gasteiger partial charge in [0.2, 0.25) is 10.0 Å². The third kappa shape index (κ3) is 3.08. The van der Waals surface area contributed by atoms with Gasteiger partial charge in [0.1, 0.15) is 0 Å². The molecule has 0 spiro atoms. The molecule has 1 aromatic carbocycles. The normalized spacial score (nSPS) is 15.4. The topological polar surface area (TPSA) is 75.3 Å². The highest BCUT2D eigenvalue weighted by Crippen LogP contribution is 2.20. The standard InChI is InChI=1S/C12H16N2O3S/c1-2-13-18(16,17)11-5-3-4-9(8-11)12(15)14-10-6-7-10/h3-5,8,10,13H,2,6-7H2,1H3,(H,14,15). The molecule has 1 aliphatic carbocycles. The van der Waals surface area contributed by atoms with Crippen LogP contribution in [0.1, 0.15) is 30.1 Å². The number of nitrogens with one attached hydrogen (secondary N) is 2. The fraction of sp³-hybridized carbons (Fsp3) is 0.417. The van der Waals surface area contributed by atoms with Crippen LogP contribution in [-0.2, 0) is 10.0 Å². The second-order valence-electron chi connectivity index (χ2n) is 4.28. The molecule has 2 N–H and O–H groups in total. The number of carbonyl (C=O) groups is 1. The maximum atomic E-state index is 11.8. The van der Waals surface area contributed by atoms with Gasteiger partial charge in [-0.05, 0) is 31.0 Å². The van der Waals surface area contributed by atoms with E-state index in [0.717, 1.165) is 12.8 Å². The first-order chi connectivity index (χ1) is 8.53. The van der Waals surface area contributed by atoms with Gasteiger partial charge in [0.05, 0.1) is 4.90 Å². The Bertz CT molecular complexity index is 550. The molecule has 2 rings (SSSR count). The quantitative estimate of drug-likeness (QED) is 0.832. The summed E-state index contributed by atoms with van der Waals surface area (Å²) in [5.74, 6) is -0.217. The molecule has 0 unspecified atom stereocenters. The monoisotopic (exact) mass is 268 g/mol. The molecule has 1 amide bonds. The predicted octanol–water partition coefficient (Wildman–Crippen LogP) is 0.877. The van der Waals surface area contributed by atoms with Crippen LogP contribution in [-0.4, -0.2) is 26.9 Å². The molecular formula is C12H16N2O3S. The number of hydrogen-bond donors (Lipinski definition) is 2. The van der Waals surface area contributed by atoms with E-state index in [1.54, 1.807) is 19.1 Å². The maximum absolute atomic E-state index is 11.8. The van der Waals surface area contributed by atoms with Gasteiger partial charge in [-0.2, -0.15) is 0 Å². The van der Waals surface area contributed by atoms with Gasteiger partial charge in [-0.15, -0.1) is 0 Å². The molecule has 0 radical (unpaired) electrons. The van der Waals surface area contributed by atoms with Crippen molar-refractivity contribution in [3.63, 3.8) is 0 Å². The van der Waals surface area contributed by atoms with Gasteiger partial charge in [-0.25, -0.2) is 13.1 Å². The van der Waals surface area contributed by atoms with Gasteiger partial charge in [0, 0.05) is 18.2 Å². The molecule has 0 heterocycles. The van der Waals surface area contributed by atoms with E-state index in [1.807, 2.05) is 0 Å². The zero-order valence-corrected chi connectivity index (χ0v) is 11.0. The lowest BCUT2D eigenvalue weighted by atomic mass is 10.2. The fourth-order valence-corrected chi connectivity index (χ4v) is 2.66. The van der Waals surface area contributed by atoms with Gasteiger partial charge in [0.15, 0.2) is 0 Å². The molecule has 1 aliphatic rings. The number of amides is 1. The molecule has 98 valence electrons. The Morgan fingerprint density at radius 3 is 2.72 bits per heavy atom. The first-order valence-electron chi connectivity index (χ1n) is 5.93. The van der Waals surface area contributed by atoms with Crippen molar-refractivity contribution in [2.75, 3.05) is 6.54 Å². The Morgan fingerprint density at radius 2 is 2.11 bits per heavy atom.